The van der Waals surface area contributed by atoms with Crippen molar-refractivity contribution < 1.29 is 4.39 Å². The van der Waals surface area contributed by atoms with Crippen LogP contribution in [0.15, 0.2) is 30.3 Å². The number of benzene rings is 2. The summed E-state index contributed by atoms with van der Waals surface area (Å²) in [5, 5.41) is 0.692. The average Bonchev–Trinajstić information content (AvgIpc) is 2.69. The van der Waals surface area contributed by atoms with Gasteiger partial charge in [-0.1, -0.05) is 29.3 Å². The highest BCUT2D eigenvalue weighted by molar-refractivity contribution is 7.71. The van der Waals surface area contributed by atoms with Crippen molar-refractivity contribution in [1.82, 2.24) is 9.55 Å². The largest absolute Gasteiger partial charge is 0.330 e. The van der Waals surface area contributed by atoms with E-state index >= 15 is 0 Å². The second-order valence-electron chi connectivity index (χ2n) is 4.43. The fraction of sp³-hybridized carbons (Fsp3) is 0.0714. The van der Waals surface area contributed by atoms with Gasteiger partial charge in [-0.15, -0.1) is 0 Å². The van der Waals surface area contributed by atoms with E-state index in [4.69, 9.17) is 35.4 Å². The fourth-order valence-corrected chi connectivity index (χ4v) is 2.82. The van der Waals surface area contributed by atoms with Crippen LogP contribution in [-0.4, -0.2) is 9.55 Å². The van der Waals surface area contributed by atoms with Gasteiger partial charge in [-0.3, -0.25) is 4.57 Å². The topological polar surface area (TPSA) is 20.7 Å². The zero-order valence-corrected chi connectivity index (χ0v) is 12.7. The first-order valence-corrected chi connectivity index (χ1v) is 7.00. The molecule has 2 nitrogen and oxygen atoms in total. The van der Waals surface area contributed by atoms with E-state index in [1.54, 1.807) is 10.6 Å². The van der Waals surface area contributed by atoms with Gasteiger partial charge in [-0.05, 0) is 42.9 Å². The zero-order valence-electron chi connectivity index (χ0n) is 10.4. The molecule has 0 unspecified atom stereocenters. The molecule has 3 rings (SSSR count). The van der Waals surface area contributed by atoms with Crippen molar-refractivity contribution in [1.29, 1.82) is 0 Å². The van der Waals surface area contributed by atoms with Crippen molar-refractivity contribution in [2.24, 2.45) is 0 Å². The number of hydrogen-bond donors (Lipinski definition) is 1. The van der Waals surface area contributed by atoms with Gasteiger partial charge in [0.15, 0.2) is 4.77 Å². The minimum Gasteiger partial charge on any atom is -0.330 e. The smallest absolute Gasteiger partial charge is 0.182 e. The Hall–Kier alpha value is -1.36. The van der Waals surface area contributed by atoms with Crippen LogP contribution in [0.1, 0.15) is 5.56 Å². The van der Waals surface area contributed by atoms with Crippen LogP contribution in [0.4, 0.5) is 4.39 Å². The highest BCUT2D eigenvalue weighted by Crippen LogP contribution is 2.28. The lowest BCUT2D eigenvalue weighted by molar-refractivity contribution is 0.629. The molecule has 0 aliphatic rings. The van der Waals surface area contributed by atoms with Crippen LogP contribution in [0, 0.1) is 17.5 Å². The summed E-state index contributed by atoms with van der Waals surface area (Å²) in [5.41, 5.74) is 3.00. The van der Waals surface area contributed by atoms with Crippen LogP contribution >= 0.6 is 35.4 Å². The number of aromatic nitrogens is 2. The van der Waals surface area contributed by atoms with E-state index in [1.165, 1.54) is 12.1 Å². The zero-order chi connectivity index (χ0) is 14.4. The predicted octanol–water partition coefficient (Wildman–Crippen LogP) is 5.44. The number of nitrogens with zero attached hydrogens (tertiary/aromatic N) is 1. The molecule has 1 N–H and O–H groups in total. The summed E-state index contributed by atoms with van der Waals surface area (Å²) in [6, 6.07) is 8.41. The molecule has 0 atom stereocenters. The summed E-state index contributed by atoms with van der Waals surface area (Å²) in [6.07, 6.45) is 0. The first kappa shape index (κ1) is 13.6. The number of imidazole rings is 1. The van der Waals surface area contributed by atoms with Crippen LogP contribution in [0.5, 0.6) is 0 Å². The molecular formula is C14H9Cl2FN2S. The molecule has 0 aliphatic carbocycles. The quantitative estimate of drug-likeness (QED) is 0.590. The molecule has 0 amide bonds. The molecule has 1 heterocycles. The van der Waals surface area contributed by atoms with E-state index in [-0.39, 0.29) is 5.02 Å². The number of fused-ring (bicyclic) bond motifs is 1. The first-order valence-electron chi connectivity index (χ1n) is 5.84. The number of hydrogen-bond acceptors (Lipinski definition) is 1. The van der Waals surface area contributed by atoms with Crippen molar-refractivity contribution in [3.63, 3.8) is 0 Å². The van der Waals surface area contributed by atoms with Gasteiger partial charge in [0.1, 0.15) is 5.82 Å². The standard InChI is InChI=1S/C14H9Cl2FN2S/c1-7-8(15)3-2-4-12(7)19-13-6-10(17)9(16)5-11(13)18-14(19)20/h2-6H,1H3,(H,18,20). The van der Waals surface area contributed by atoms with Crippen molar-refractivity contribution in [3.05, 3.63) is 56.5 Å². The predicted molar refractivity (Wildman–Crippen MR) is 83.2 cm³/mol. The Labute approximate surface area is 129 Å². The van der Waals surface area contributed by atoms with Gasteiger partial charge in [0.05, 0.1) is 21.7 Å². The molecule has 102 valence electrons. The van der Waals surface area contributed by atoms with Crippen molar-refractivity contribution in [2.75, 3.05) is 0 Å². The average molecular weight is 327 g/mol. The van der Waals surface area contributed by atoms with Gasteiger partial charge >= 0.3 is 0 Å². The lowest BCUT2D eigenvalue weighted by Gasteiger charge is -2.09. The summed E-state index contributed by atoms with van der Waals surface area (Å²) in [7, 11) is 0. The van der Waals surface area contributed by atoms with E-state index in [0.29, 0.717) is 20.8 Å². The van der Waals surface area contributed by atoms with Crippen LogP contribution in [0.3, 0.4) is 0 Å². The maximum atomic E-state index is 13.7. The fourth-order valence-electron chi connectivity index (χ4n) is 2.18. The normalized spacial score (nSPS) is 11.2. The highest BCUT2D eigenvalue weighted by atomic mass is 35.5. The molecule has 0 saturated heterocycles. The van der Waals surface area contributed by atoms with Crippen molar-refractivity contribution in [3.8, 4) is 5.69 Å². The maximum Gasteiger partial charge on any atom is 0.182 e. The molecule has 0 aliphatic heterocycles. The Balaban J connectivity index is 2.42. The molecule has 0 bridgehead atoms. The Morgan fingerprint density at radius 1 is 1.20 bits per heavy atom. The summed E-state index contributed by atoms with van der Waals surface area (Å²) in [4.78, 5) is 3.02. The number of aromatic amines is 1. The summed E-state index contributed by atoms with van der Waals surface area (Å²) >= 11 is 17.3. The number of halogens is 3. The Kier molecular flexibility index (Phi) is 3.32. The third kappa shape index (κ3) is 2.04. The second kappa shape index (κ2) is 4.88. The lowest BCUT2D eigenvalue weighted by Crippen LogP contribution is -1.97. The molecule has 6 heteroatoms. The van der Waals surface area contributed by atoms with E-state index < -0.39 is 5.82 Å². The number of rotatable bonds is 1. The summed E-state index contributed by atoms with van der Waals surface area (Å²) < 4.78 is 15.9. The number of nitrogens with one attached hydrogen (secondary N) is 1. The Bertz CT molecular complexity index is 883. The van der Waals surface area contributed by atoms with Crippen LogP contribution < -0.4 is 0 Å². The maximum absolute atomic E-state index is 13.7. The Morgan fingerprint density at radius 3 is 2.70 bits per heavy atom. The second-order valence-corrected chi connectivity index (χ2v) is 5.63. The molecular weight excluding hydrogens is 318 g/mol. The van der Waals surface area contributed by atoms with E-state index in [2.05, 4.69) is 4.98 Å². The van der Waals surface area contributed by atoms with E-state index in [9.17, 15) is 4.39 Å². The van der Waals surface area contributed by atoms with Gasteiger partial charge in [0, 0.05) is 11.1 Å². The minimum absolute atomic E-state index is 0.0590. The van der Waals surface area contributed by atoms with Crippen LogP contribution in [-0.2, 0) is 0 Å². The SMILES string of the molecule is Cc1c(Cl)cccc1-n1c(=S)[nH]c2cc(Cl)c(F)cc21. The van der Waals surface area contributed by atoms with E-state index in [1.807, 2.05) is 19.1 Å². The van der Waals surface area contributed by atoms with Crippen LogP contribution in [0.25, 0.3) is 16.7 Å². The third-order valence-corrected chi connectivity index (χ3v) is 4.19. The third-order valence-electron chi connectivity index (χ3n) is 3.20. The first-order chi connectivity index (χ1) is 9.49. The number of H-pyrrole nitrogens is 1. The molecule has 0 fully saturated rings. The van der Waals surface area contributed by atoms with Gasteiger partial charge in [-0.2, -0.15) is 0 Å². The van der Waals surface area contributed by atoms with Gasteiger partial charge in [-0.25, -0.2) is 4.39 Å². The van der Waals surface area contributed by atoms with Gasteiger partial charge < -0.3 is 4.98 Å². The van der Waals surface area contributed by atoms with E-state index in [0.717, 1.165) is 11.3 Å². The molecule has 3 aromatic rings. The molecule has 2 aromatic carbocycles. The molecule has 0 spiro atoms. The van der Waals surface area contributed by atoms with Crippen molar-refractivity contribution in [2.45, 2.75) is 6.92 Å². The summed E-state index contributed by atoms with van der Waals surface area (Å²) in [5.74, 6) is -0.485. The minimum atomic E-state index is -0.485. The van der Waals surface area contributed by atoms with Crippen molar-refractivity contribution >= 4 is 46.5 Å². The summed E-state index contributed by atoms with van der Waals surface area (Å²) in [6.45, 7) is 1.89. The van der Waals surface area contributed by atoms with Gasteiger partial charge in [0.2, 0.25) is 0 Å². The monoisotopic (exact) mass is 326 g/mol. The molecule has 0 saturated carbocycles. The molecule has 1 aromatic heterocycles. The molecule has 0 radical (unpaired) electrons. The Morgan fingerprint density at radius 2 is 1.95 bits per heavy atom. The van der Waals surface area contributed by atoms with Gasteiger partial charge in [0.25, 0.3) is 0 Å². The van der Waals surface area contributed by atoms with Crippen LogP contribution in [0.2, 0.25) is 10.0 Å². The molecule has 20 heavy (non-hydrogen) atoms. The lowest BCUT2D eigenvalue weighted by atomic mass is 10.2. The highest BCUT2D eigenvalue weighted by Gasteiger charge is 2.12.